The summed E-state index contributed by atoms with van der Waals surface area (Å²) >= 11 is 0. The molecule has 2 aromatic rings. The third kappa shape index (κ3) is 3.56. The maximum atomic E-state index is 13.4. The van der Waals surface area contributed by atoms with Gasteiger partial charge in [0.25, 0.3) is 0 Å². The number of amides is 1. The third-order valence-electron chi connectivity index (χ3n) is 5.61. The number of carbonyl (C=O) groups excluding carboxylic acids is 1. The maximum absolute atomic E-state index is 13.4. The van der Waals surface area contributed by atoms with Crippen molar-refractivity contribution in [3.8, 4) is 0 Å². The fourth-order valence-corrected chi connectivity index (χ4v) is 4.17. The van der Waals surface area contributed by atoms with Crippen LogP contribution in [0.2, 0.25) is 0 Å². The van der Waals surface area contributed by atoms with Gasteiger partial charge in [-0.3, -0.25) is 4.79 Å². The summed E-state index contributed by atoms with van der Waals surface area (Å²) in [7, 11) is 3.98. The normalized spacial score (nSPS) is 22.2. The molecule has 2 atom stereocenters. The number of pyridine rings is 1. The highest BCUT2D eigenvalue weighted by atomic mass is 16.5. The Labute approximate surface area is 161 Å². The van der Waals surface area contributed by atoms with E-state index in [1.54, 1.807) is 0 Å². The number of rotatable bonds is 3. The Morgan fingerprint density at radius 3 is 2.89 bits per heavy atom. The molecule has 1 fully saturated rings. The first-order chi connectivity index (χ1) is 13.1. The van der Waals surface area contributed by atoms with Crippen LogP contribution in [0.1, 0.15) is 35.6 Å². The topological polar surface area (TPSA) is 45.7 Å². The molecule has 2 aliphatic heterocycles. The zero-order valence-corrected chi connectivity index (χ0v) is 16.1. The lowest BCUT2D eigenvalue weighted by atomic mass is 9.92. The van der Waals surface area contributed by atoms with E-state index < -0.39 is 0 Å². The molecular formula is C22H27N3O2. The quantitative estimate of drug-likeness (QED) is 0.839. The number of carbonyl (C=O) groups is 1. The number of hydrogen-bond donors (Lipinski definition) is 0. The van der Waals surface area contributed by atoms with E-state index in [9.17, 15) is 4.79 Å². The first-order valence-electron chi connectivity index (χ1n) is 9.74. The minimum absolute atomic E-state index is 0.0204. The Bertz CT molecular complexity index is 815. The van der Waals surface area contributed by atoms with Crippen molar-refractivity contribution in [1.82, 2.24) is 9.88 Å². The lowest BCUT2D eigenvalue weighted by Crippen LogP contribution is -2.40. The third-order valence-corrected chi connectivity index (χ3v) is 5.61. The molecule has 1 aromatic heterocycles. The van der Waals surface area contributed by atoms with E-state index in [1.165, 1.54) is 11.1 Å². The molecule has 0 saturated carbocycles. The van der Waals surface area contributed by atoms with Gasteiger partial charge in [-0.25, -0.2) is 4.98 Å². The first-order valence-corrected chi connectivity index (χ1v) is 9.74. The zero-order chi connectivity index (χ0) is 18.8. The first kappa shape index (κ1) is 18.0. The summed E-state index contributed by atoms with van der Waals surface area (Å²) in [6.07, 6.45) is 4.66. The summed E-state index contributed by atoms with van der Waals surface area (Å²) in [6, 6.07) is 12.6. The van der Waals surface area contributed by atoms with Gasteiger partial charge in [0.2, 0.25) is 5.91 Å². The van der Waals surface area contributed by atoms with E-state index in [1.807, 2.05) is 31.3 Å². The average Bonchev–Trinajstić information content (AvgIpc) is 3.15. The van der Waals surface area contributed by atoms with Crippen molar-refractivity contribution in [3.63, 3.8) is 0 Å². The summed E-state index contributed by atoms with van der Waals surface area (Å²) in [5.41, 5.74) is 3.69. The maximum Gasteiger partial charge on any atom is 0.228 e. The Kier molecular flexibility index (Phi) is 5.12. The van der Waals surface area contributed by atoms with E-state index in [-0.39, 0.29) is 17.9 Å². The fraction of sp³-hybridized carbons (Fsp3) is 0.455. The molecule has 3 heterocycles. The molecule has 5 nitrogen and oxygen atoms in total. The molecule has 2 aliphatic rings. The molecule has 1 saturated heterocycles. The average molecular weight is 365 g/mol. The van der Waals surface area contributed by atoms with Gasteiger partial charge in [-0.15, -0.1) is 0 Å². The van der Waals surface area contributed by atoms with Crippen LogP contribution in [-0.4, -0.2) is 49.6 Å². The van der Waals surface area contributed by atoms with E-state index in [2.05, 4.69) is 40.2 Å². The van der Waals surface area contributed by atoms with Gasteiger partial charge >= 0.3 is 0 Å². The van der Waals surface area contributed by atoms with Crippen molar-refractivity contribution < 1.29 is 9.53 Å². The van der Waals surface area contributed by atoms with E-state index >= 15 is 0 Å². The number of aryl methyl sites for hydroxylation is 1. The van der Waals surface area contributed by atoms with Crippen LogP contribution in [0.15, 0.2) is 42.6 Å². The molecule has 0 spiro atoms. The van der Waals surface area contributed by atoms with E-state index in [0.29, 0.717) is 13.2 Å². The van der Waals surface area contributed by atoms with Crippen molar-refractivity contribution in [2.75, 3.05) is 38.8 Å². The van der Waals surface area contributed by atoms with Crippen LogP contribution in [-0.2, 0) is 16.0 Å². The van der Waals surface area contributed by atoms with Gasteiger partial charge in [-0.05, 0) is 48.1 Å². The largest absolute Gasteiger partial charge is 0.381 e. The second kappa shape index (κ2) is 7.69. The molecule has 0 bridgehead atoms. The SMILES string of the molecule is CN(C)c1cc([C@H]2c3ccccc3CCCN2C(=O)[C@@H]2CCOC2)ccn1. The second-order valence-electron chi connectivity index (χ2n) is 7.64. The van der Waals surface area contributed by atoms with Gasteiger partial charge in [-0.2, -0.15) is 0 Å². The molecule has 1 aromatic carbocycles. The van der Waals surface area contributed by atoms with Crippen molar-refractivity contribution >= 4 is 11.7 Å². The number of anilines is 1. The molecule has 0 aliphatic carbocycles. The number of ether oxygens (including phenoxy) is 1. The Morgan fingerprint density at radius 2 is 2.11 bits per heavy atom. The highest BCUT2D eigenvalue weighted by molar-refractivity contribution is 5.80. The number of benzene rings is 1. The highest BCUT2D eigenvalue weighted by Crippen LogP contribution is 2.36. The standard InChI is InChI=1S/C22H27N3O2/c1-24(2)20-14-17(9-11-23-20)21-19-8-4-3-6-16(19)7-5-12-25(21)22(26)18-10-13-27-15-18/h3-4,6,8-9,11,14,18,21H,5,7,10,12-13,15H2,1-2H3/t18-,21+/m1/s1. The van der Waals surface area contributed by atoms with Crippen molar-refractivity contribution in [1.29, 1.82) is 0 Å². The summed E-state index contributed by atoms with van der Waals surface area (Å²) in [6.45, 7) is 2.00. The van der Waals surface area contributed by atoms with Gasteiger partial charge < -0.3 is 14.5 Å². The van der Waals surface area contributed by atoms with E-state index in [4.69, 9.17) is 4.74 Å². The predicted molar refractivity (Wildman–Crippen MR) is 106 cm³/mol. The molecule has 1 amide bonds. The Morgan fingerprint density at radius 1 is 1.26 bits per heavy atom. The smallest absolute Gasteiger partial charge is 0.228 e. The Hall–Kier alpha value is -2.40. The minimum Gasteiger partial charge on any atom is -0.381 e. The fourth-order valence-electron chi connectivity index (χ4n) is 4.17. The van der Waals surface area contributed by atoms with E-state index in [0.717, 1.165) is 37.2 Å². The van der Waals surface area contributed by atoms with Crippen LogP contribution in [0, 0.1) is 5.92 Å². The van der Waals surface area contributed by atoms with Crippen molar-refractivity contribution in [2.45, 2.75) is 25.3 Å². The van der Waals surface area contributed by atoms with Crippen LogP contribution in [0.25, 0.3) is 0 Å². The van der Waals surface area contributed by atoms with Crippen LogP contribution in [0.3, 0.4) is 0 Å². The van der Waals surface area contributed by atoms with Gasteiger partial charge in [0.1, 0.15) is 5.82 Å². The highest BCUT2D eigenvalue weighted by Gasteiger charge is 2.35. The summed E-state index contributed by atoms with van der Waals surface area (Å²) in [5.74, 6) is 1.11. The molecule has 142 valence electrons. The molecule has 0 unspecified atom stereocenters. The monoisotopic (exact) mass is 365 g/mol. The van der Waals surface area contributed by atoms with Gasteiger partial charge in [0.15, 0.2) is 0 Å². The lowest BCUT2D eigenvalue weighted by molar-refractivity contribution is -0.137. The lowest BCUT2D eigenvalue weighted by Gasteiger charge is -2.33. The van der Waals surface area contributed by atoms with Crippen LogP contribution in [0.5, 0.6) is 0 Å². The Balaban J connectivity index is 1.80. The van der Waals surface area contributed by atoms with Crippen LogP contribution < -0.4 is 4.90 Å². The molecule has 0 radical (unpaired) electrons. The van der Waals surface area contributed by atoms with Gasteiger partial charge in [-0.1, -0.05) is 24.3 Å². The second-order valence-corrected chi connectivity index (χ2v) is 7.64. The molecule has 5 heteroatoms. The number of aromatic nitrogens is 1. The zero-order valence-electron chi connectivity index (χ0n) is 16.1. The minimum atomic E-state index is -0.0708. The molecule has 4 rings (SSSR count). The van der Waals surface area contributed by atoms with Crippen molar-refractivity contribution in [3.05, 3.63) is 59.3 Å². The van der Waals surface area contributed by atoms with Crippen LogP contribution >= 0.6 is 0 Å². The summed E-state index contributed by atoms with van der Waals surface area (Å²) in [5, 5.41) is 0. The summed E-state index contributed by atoms with van der Waals surface area (Å²) in [4.78, 5) is 21.9. The van der Waals surface area contributed by atoms with Gasteiger partial charge in [0.05, 0.1) is 18.6 Å². The molecular weight excluding hydrogens is 338 g/mol. The van der Waals surface area contributed by atoms with Crippen LogP contribution in [0.4, 0.5) is 5.82 Å². The number of hydrogen-bond acceptors (Lipinski definition) is 4. The molecule has 27 heavy (non-hydrogen) atoms. The van der Waals surface area contributed by atoms with Crippen molar-refractivity contribution in [2.24, 2.45) is 5.92 Å². The number of nitrogens with zero attached hydrogens (tertiary/aromatic N) is 3. The summed E-state index contributed by atoms with van der Waals surface area (Å²) < 4.78 is 5.50. The predicted octanol–water partition coefficient (Wildman–Crippen LogP) is 3.05. The molecule has 0 N–H and O–H groups in total. The number of fused-ring (bicyclic) bond motifs is 1. The van der Waals surface area contributed by atoms with Gasteiger partial charge in [0, 0.05) is 33.4 Å².